The summed E-state index contributed by atoms with van der Waals surface area (Å²) in [5, 5.41) is 8.24. The molecule has 0 atom stereocenters. The molecule has 0 saturated heterocycles. The molecule has 0 aliphatic heterocycles. The van der Waals surface area contributed by atoms with Crippen LogP contribution in [0.5, 0.6) is 11.5 Å². The third-order valence-corrected chi connectivity index (χ3v) is 6.88. The number of halogens is 1. The van der Waals surface area contributed by atoms with E-state index in [1.54, 1.807) is 79.9 Å². The number of hydrogen-bond acceptors (Lipinski definition) is 6. The summed E-state index contributed by atoms with van der Waals surface area (Å²) in [6, 6.07) is 26.1. The van der Waals surface area contributed by atoms with Gasteiger partial charge in [0.1, 0.15) is 23.0 Å². The zero-order valence-electron chi connectivity index (χ0n) is 22.8. The Balaban J connectivity index is 1.40. The molecule has 10 heteroatoms. The first-order valence-electron chi connectivity index (χ1n) is 12.7. The Morgan fingerprint density at radius 3 is 2.21 bits per heavy atom. The smallest absolute Gasteiger partial charge is 0.272 e. The highest BCUT2D eigenvalue weighted by Gasteiger charge is 2.16. The van der Waals surface area contributed by atoms with Gasteiger partial charge in [0.15, 0.2) is 0 Å². The van der Waals surface area contributed by atoms with Gasteiger partial charge >= 0.3 is 0 Å². The number of methoxy groups -OCH3 is 2. The van der Waals surface area contributed by atoms with Crippen LogP contribution in [0.4, 0.5) is 15.8 Å². The molecular weight excluding hydrogens is 557 g/mol. The maximum atomic E-state index is 13.4. The van der Waals surface area contributed by atoms with Crippen LogP contribution in [-0.4, -0.2) is 37.7 Å². The fraction of sp³-hybridized carbons (Fsp3) is 0.0938. The van der Waals surface area contributed by atoms with Crippen molar-refractivity contribution in [2.45, 2.75) is 4.90 Å². The zero-order valence-corrected chi connectivity index (χ0v) is 23.7. The minimum Gasteiger partial charge on any atom is -0.497 e. The highest BCUT2D eigenvalue weighted by molar-refractivity contribution is 8.00. The van der Waals surface area contributed by atoms with Crippen molar-refractivity contribution in [1.29, 1.82) is 0 Å². The maximum absolute atomic E-state index is 13.4. The molecule has 0 unspecified atom stereocenters. The first-order valence-corrected chi connectivity index (χ1v) is 13.7. The Hall–Kier alpha value is -5.09. The molecule has 4 rings (SSSR count). The number of carbonyl (C=O) groups is 3. The molecule has 0 bridgehead atoms. The molecule has 8 nitrogen and oxygen atoms in total. The molecule has 4 aromatic rings. The van der Waals surface area contributed by atoms with E-state index in [0.717, 1.165) is 4.90 Å². The summed E-state index contributed by atoms with van der Waals surface area (Å²) in [5.41, 5.74) is 1.88. The van der Waals surface area contributed by atoms with Gasteiger partial charge in [0, 0.05) is 22.2 Å². The standard InChI is InChI=1S/C32H28FN3O5S/c1-40-25-14-17-29(41-2)27(19-25)35-30(37)20-42-26-15-12-24(13-16-26)34-32(39)28(18-21-8-10-23(33)11-9-21)36-31(38)22-6-4-3-5-7-22/h3-19H,20H2,1-2H3,(H,34,39)(H,35,37)(H,36,38)/b28-18-. The predicted octanol–water partition coefficient (Wildman–Crippen LogP) is 5.98. The molecule has 0 saturated carbocycles. The van der Waals surface area contributed by atoms with Gasteiger partial charge < -0.3 is 25.4 Å². The van der Waals surface area contributed by atoms with Crippen LogP contribution >= 0.6 is 11.8 Å². The van der Waals surface area contributed by atoms with Crippen LogP contribution in [0, 0.1) is 5.82 Å². The Labute approximate surface area is 246 Å². The van der Waals surface area contributed by atoms with Crippen LogP contribution in [0.3, 0.4) is 0 Å². The fourth-order valence-corrected chi connectivity index (χ4v) is 4.45. The fourth-order valence-electron chi connectivity index (χ4n) is 3.75. The second kappa shape index (κ2) is 14.5. The molecular formula is C32H28FN3O5S. The summed E-state index contributed by atoms with van der Waals surface area (Å²) >= 11 is 1.32. The lowest BCUT2D eigenvalue weighted by Crippen LogP contribution is -2.30. The first-order chi connectivity index (χ1) is 20.3. The van der Waals surface area contributed by atoms with E-state index in [1.807, 2.05) is 0 Å². The van der Waals surface area contributed by atoms with Crippen molar-refractivity contribution in [2.75, 3.05) is 30.6 Å². The number of amides is 3. The lowest BCUT2D eigenvalue weighted by molar-refractivity contribution is -0.114. The minimum atomic E-state index is -0.560. The molecule has 3 N–H and O–H groups in total. The Morgan fingerprint density at radius 1 is 0.833 bits per heavy atom. The second-order valence-electron chi connectivity index (χ2n) is 8.81. The van der Waals surface area contributed by atoms with Crippen molar-refractivity contribution in [3.63, 3.8) is 0 Å². The molecule has 214 valence electrons. The average molecular weight is 586 g/mol. The Bertz CT molecular complexity index is 1580. The summed E-state index contributed by atoms with van der Waals surface area (Å²) in [4.78, 5) is 39.3. The van der Waals surface area contributed by atoms with Crippen LogP contribution in [0.1, 0.15) is 15.9 Å². The van der Waals surface area contributed by atoms with Crippen molar-refractivity contribution in [2.24, 2.45) is 0 Å². The summed E-state index contributed by atoms with van der Waals surface area (Å²) in [7, 11) is 3.06. The van der Waals surface area contributed by atoms with Crippen molar-refractivity contribution in [1.82, 2.24) is 5.32 Å². The predicted molar refractivity (Wildman–Crippen MR) is 162 cm³/mol. The monoisotopic (exact) mass is 585 g/mol. The van der Waals surface area contributed by atoms with E-state index >= 15 is 0 Å². The normalized spacial score (nSPS) is 10.9. The number of ether oxygens (including phenoxy) is 2. The Morgan fingerprint density at radius 2 is 1.55 bits per heavy atom. The number of thioether (sulfide) groups is 1. The van der Waals surface area contributed by atoms with E-state index < -0.39 is 17.6 Å². The number of hydrogen-bond donors (Lipinski definition) is 3. The van der Waals surface area contributed by atoms with E-state index in [1.165, 1.54) is 49.2 Å². The van der Waals surface area contributed by atoms with Crippen molar-refractivity contribution in [3.05, 3.63) is 120 Å². The molecule has 3 amide bonds. The SMILES string of the molecule is COc1ccc(OC)c(NC(=O)CSc2ccc(NC(=O)/C(=C/c3ccc(F)cc3)NC(=O)c3ccccc3)cc2)c1. The number of nitrogens with one attached hydrogen (secondary N) is 3. The zero-order chi connectivity index (χ0) is 29.9. The molecule has 0 heterocycles. The van der Waals surface area contributed by atoms with Gasteiger partial charge in [-0.25, -0.2) is 4.39 Å². The number of benzene rings is 4. The summed E-state index contributed by atoms with van der Waals surface area (Å²) in [6.07, 6.45) is 1.47. The van der Waals surface area contributed by atoms with E-state index in [2.05, 4.69) is 16.0 Å². The van der Waals surface area contributed by atoms with Crippen molar-refractivity contribution >= 4 is 46.9 Å². The molecule has 0 aromatic heterocycles. The molecule has 42 heavy (non-hydrogen) atoms. The molecule has 0 aliphatic rings. The third kappa shape index (κ3) is 8.45. The Kier molecular flexibility index (Phi) is 10.3. The molecule has 0 radical (unpaired) electrons. The van der Waals surface area contributed by atoms with E-state index in [9.17, 15) is 18.8 Å². The van der Waals surface area contributed by atoms with Gasteiger partial charge in [-0.05, 0) is 72.3 Å². The molecule has 0 fully saturated rings. The second-order valence-corrected chi connectivity index (χ2v) is 9.86. The van der Waals surface area contributed by atoms with Gasteiger partial charge in [-0.1, -0.05) is 30.3 Å². The summed E-state index contributed by atoms with van der Waals surface area (Å²) in [5.74, 6) is -0.419. The van der Waals surface area contributed by atoms with Gasteiger partial charge in [0.2, 0.25) is 5.91 Å². The topological polar surface area (TPSA) is 106 Å². The maximum Gasteiger partial charge on any atom is 0.272 e. The number of anilines is 2. The highest BCUT2D eigenvalue weighted by atomic mass is 32.2. The van der Waals surface area contributed by atoms with Crippen LogP contribution in [0.25, 0.3) is 6.08 Å². The summed E-state index contributed by atoms with van der Waals surface area (Å²) in [6.45, 7) is 0. The van der Waals surface area contributed by atoms with Gasteiger partial charge in [-0.15, -0.1) is 11.8 Å². The van der Waals surface area contributed by atoms with E-state index in [4.69, 9.17) is 9.47 Å². The summed E-state index contributed by atoms with van der Waals surface area (Å²) < 4.78 is 23.9. The lowest BCUT2D eigenvalue weighted by Gasteiger charge is -2.12. The van der Waals surface area contributed by atoms with Gasteiger partial charge in [-0.2, -0.15) is 0 Å². The largest absolute Gasteiger partial charge is 0.497 e. The van der Waals surface area contributed by atoms with Crippen LogP contribution < -0.4 is 25.4 Å². The quantitative estimate of drug-likeness (QED) is 0.148. The van der Waals surface area contributed by atoms with Gasteiger partial charge in [-0.3, -0.25) is 14.4 Å². The number of rotatable bonds is 11. The molecule has 0 aliphatic carbocycles. The van der Waals surface area contributed by atoms with Crippen LogP contribution in [0.15, 0.2) is 108 Å². The minimum absolute atomic E-state index is 0.0152. The number of carbonyl (C=O) groups excluding carboxylic acids is 3. The first kappa shape index (κ1) is 29.9. The average Bonchev–Trinajstić information content (AvgIpc) is 3.01. The van der Waals surface area contributed by atoms with Gasteiger partial charge in [0.05, 0.1) is 25.7 Å². The van der Waals surface area contributed by atoms with Crippen LogP contribution in [-0.2, 0) is 9.59 Å². The van der Waals surface area contributed by atoms with E-state index in [0.29, 0.717) is 34.0 Å². The highest BCUT2D eigenvalue weighted by Crippen LogP contribution is 2.29. The third-order valence-electron chi connectivity index (χ3n) is 5.87. The van der Waals surface area contributed by atoms with Gasteiger partial charge in [0.25, 0.3) is 11.8 Å². The molecule has 4 aromatic carbocycles. The van der Waals surface area contributed by atoms with Crippen molar-refractivity contribution in [3.8, 4) is 11.5 Å². The lowest BCUT2D eigenvalue weighted by atomic mass is 10.1. The van der Waals surface area contributed by atoms with Crippen LogP contribution in [0.2, 0.25) is 0 Å². The molecule has 0 spiro atoms. The van der Waals surface area contributed by atoms with E-state index in [-0.39, 0.29) is 17.4 Å². The van der Waals surface area contributed by atoms with Crippen molar-refractivity contribution < 1.29 is 28.2 Å².